The van der Waals surface area contributed by atoms with E-state index in [1.54, 1.807) is 11.0 Å². The molecular weight excluding hydrogens is 707 g/mol. The predicted octanol–water partition coefficient (Wildman–Crippen LogP) is 4.15. The zero-order chi connectivity index (χ0) is 38.3. The topological polar surface area (TPSA) is 228 Å². The van der Waals surface area contributed by atoms with Crippen molar-refractivity contribution in [1.29, 1.82) is 0 Å². The van der Waals surface area contributed by atoms with Crippen molar-refractivity contribution in [3.8, 4) is 16.9 Å². The van der Waals surface area contributed by atoms with Gasteiger partial charge in [-0.2, -0.15) is 13.5 Å². The van der Waals surface area contributed by atoms with Crippen LogP contribution in [0.15, 0.2) is 75.8 Å². The molecule has 280 valence electrons. The lowest BCUT2D eigenvalue weighted by molar-refractivity contribution is -0.138. The molecule has 0 unspecified atom stereocenters. The van der Waals surface area contributed by atoms with E-state index in [1.807, 2.05) is 54.0 Å². The van der Waals surface area contributed by atoms with E-state index in [2.05, 4.69) is 15.5 Å². The van der Waals surface area contributed by atoms with E-state index in [1.165, 1.54) is 18.2 Å². The summed E-state index contributed by atoms with van der Waals surface area (Å²) in [6, 6.07) is 16.5. The second-order valence-electron chi connectivity index (χ2n) is 12.7. The minimum Gasteiger partial charge on any atom is -0.505 e. The summed E-state index contributed by atoms with van der Waals surface area (Å²) in [5.41, 5.74) is 10.8. The normalized spacial score (nSPS) is 15.2. The summed E-state index contributed by atoms with van der Waals surface area (Å²) in [6.45, 7) is 7.21. The largest absolute Gasteiger partial charge is 0.505 e. The number of phenols is 1. The SMILES string of the molecule is Cc1cc(-c2ccc(NC(=O)CN3CCN(COC=O)CCN(CC(=O)O)CC3)c(C)c2)ccc1N=Nc1ccc2c(S(=O)(=O)O)ccc(N)c2c1O. The molecule has 5 rings (SSSR count). The highest BCUT2D eigenvalue weighted by Crippen LogP contribution is 2.41. The number of benzene rings is 4. The average Bonchev–Trinajstić information content (AvgIpc) is 3.18. The van der Waals surface area contributed by atoms with Crippen molar-refractivity contribution in [2.75, 3.05) is 70.1 Å². The lowest BCUT2D eigenvalue weighted by Gasteiger charge is -2.24. The third-order valence-corrected chi connectivity index (χ3v) is 9.86. The van der Waals surface area contributed by atoms with Crippen molar-refractivity contribution in [2.24, 2.45) is 10.2 Å². The van der Waals surface area contributed by atoms with Gasteiger partial charge in [0.15, 0.2) is 5.75 Å². The molecule has 0 spiro atoms. The highest BCUT2D eigenvalue weighted by atomic mass is 32.2. The Morgan fingerprint density at radius 1 is 0.849 bits per heavy atom. The van der Waals surface area contributed by atoms with Crippen LogP contribution in [0.3, 0.4) is 0 Å². The first-order valence-electron chi connectivity index (χ1n) is 16.6. The monoisotopic (exact) mass is 747 g/mol. The van der Waals surface area contributed by atoms with Gasteiger partial charge in [0.2, 0.25) is 5.91 Å². The number of carbonyl (C=O) groups excluding carboxylic acids is 2. The molecule has 0 aliphatic carbocycles. The number of carbonyl (C=O) groups is 3. The Balaban J connectivity index is 1.26. The van der Waals surface area contributed by atoms with E-state index in [0.29, 0.717) is 57.1 Å². The molecule has 17 heteroatoms. The second-order valence-corrected chi connectivity index (χ2v) is 14.1. The fraction of sp³-hybridized carbons (Fsp3) is 0.306. The molecule has 1 aliphatic heterocycles. The number of hydrogen-bond donors (Lipinski definition) is 5. The number of carboxylic acids is 1. The number of aryl methyl sites for hydroxylation is 2. The third kappa shape index (κ3) is 9.91. The number of anilines is 2. The number of nitrogens with zero attached hydrogens (tertiary/aromatic N) is 5. The number of amides is 1. The molecule has 4 aromatic carbocycles. The molecule has 6 N–H and O–H groups in total. The van der Waals surface area contributed by atoms with E-state index >= 15 is 0 Å². The molecule has 53 heavy (non-hydrogen) atoms. The van der Waals surface area contributed by atoms with Crippen LogP contribution in [-0.2, 0) is 29.2 Å². The smallest absolute Gasteiger partial charge is 0.317 e. The van der Waals surface area contributed by atoms with Gasteiger partial charge in [-0.05, 0) is 78.6 Å². The first-order valence-corrected chi connectivity index (χ1v) is 18.1. The Kier molecular flexibility index (Phi) is 12.4. The summed E-state index contributed by atoms with van der Waals surface area (Å²) in [5.74, 6) is -1.53. The number of rotatable bonds is 12. The maximum atomic E-state index is 13.2. The molecule has 1 saturated heterocycles. The molecule has 0 saturated carbocycles. The van der Waals surface area contributed by atoms with Gasteiger partial charge in [-0.3, -0.25) is 33.6 Å². The highest BCUT2D eigenvalue weighted by Gasteiger charge is 2.21. The van der Waals surface area contributed by atoms with Crippen LogP contribution in [0.25, 0.3) is 21.9 Å². The van der Waals surface area contributed by atoms with E-state index in [0.717, 1.165) is 28.3 Å². The standard InChI is InChI=1S/C36H41N7O9S/c1-23-17-25(3-7-29(23)38-33(45)19-41-11-12-42(20-34(46)47)14-16-43(15-13-41)21-52-22-44)26-4-8-30(24(2)18-26)39-40-31-9-5-27-32(53(49,50)51)10-6-28(37)35(27)36(31)48/h3-10,17-18,22,48H,11-16,19-21,37H2,1-2H3,(H,38,45)(H,46,47)(H,49,50,51). The van der Waals surface area contributed by atoms with Gasteiger partial charge >= 0.3 is 5.97 Å². The zero-order valence-electron chi connectivity index (χ0n) is 29.2. The van der Waals surface area contributed by atoms with Gasteiger partial charge < -0.3 is 26.0 Å². The molecule has 0 radical (unpaired) electrons. The van der Waals surface area contributed by atoms with Crippen molar-refractivity contribution in [1.82, 2.24) is 14.7 Å². The molecule has 1 fully saturated rings. The number of fused-ring (bicyclic) bond motifs is 1. The first kappa shape index (κ1) is 38.8. The summed E-state index contributed by atoms with van der Waals surface area (Å²) in [7, 11) is -4.56. The van der Waals surface area contributed by atoms with Gasteiger partial charge in [0, 0.05) is 56.0 Å². The Morgan fingerprint density at radius 2 is 1.43 bits per heavy atom. The summed E-state index contributed by atoms with van der Waals surface area (Å²) in [4.78, 5) is 40.5. The van der Waals surface area contributed by atoms with Crippen molar-refractivity contribution in [3.63, 3.8) is 0 Å². The maximum absolute atomic E-state index is 13.2. The maximum Gasteiger partial charge on any atom is 0.317 e. The van der Waals surface area contributed by atoms with Crippen molar-refractivity contribution in [3.05, 3.63) is 71.8 Å². The third-order valence-electron chi connectivity index (χ3n) is 8.95. The fourth-order valence-corrected chi connectivity index (χ4v) is 6.80. The van der Waals surface area contributed by atoms with Crippen molar-refractivity contribution < 1.29 is 42.3 Å². The Labute approximate surface area is 306 Å². The van der Waals surface area contributed by atoms with Gasteiger partial charge in [-0.15, -0.1) is 5.11 Å². The summed E-state index contributed by atoms with van der Waals surface area (Å²) >= 11 is 0. The van der Waals surface area contributed by atoms with Crippen molar-refractivity contribution >= 4 is 62.0 Å². The van der Waals surface area contributed by atoms with Crippen molar-refractivity contribution in [2.45, 2.75) is 18.7 Å². The Hall–Kier alpha value is -5.46. The number of nitrogens with one attached hydrogen (secondary N) is 1. The molecule has 0 bridgehead atoms. The number of phenolic OH excluding ortho intramolecular Hbond substituents is 1. The molecule has 1 aliphatic rings. The fourth-order valence-electron chi connectivity index (χ4n) is 6.11. The number of aliphatic carboxylic acids is 1. The van der Waals surface area contributed by atoms with E-state index < -0.39 is 16.1 Å². The van der Waals surface area contributed by atoms with Crippen LogP contribution in [-0.4, -0.2) is 115 Å². The van der Waals surface area contributed by atoms with Gasteiger partial charge in [-0.25, -0.2) is 0 Å². The second kappa shape index (κ2) is 16.9. The number of nitrogens with two attached hydrogens (primary N) is 1. The van der Waals surface area contributed by atoms with Crippen LogP contribution >= 0.6 is 0 Å². The number of carboxylic acid groups (broad SMARTS) is 1. The molecular formula is C36H41N7O9S. The van der Waals surface area contributed by atoms with Gasteiger partial charge in [-0.1, -0.05) is 18.2 Å². The number of hydrogen-bond acceptors (Lipinski definition) is 13. The first-order chi connectivity index (χ1) is 25.2. The number of ether oxygens (including phenoxy) is 1. The minimum absolute atomic E-state index is 0.0324. The van der Waals surface area contributed by atoms with Gasteiger partial charge in [0.05, 0.1) is 24.2 Å². The minimum atomic E-state index is -4.56. The molecule has 1 amide bonds. The quantitative estimate of drug-likeness (QED) is 0.0595. The summed E-state index contributed by atoms with van der Waals surface area (Å²) < 4.78 is 38.1. The van der Waals surface area contributed by atoms with E-state index in [-0.39, 0.29) is 58.5 Å². The Bertz CT molecular complexity index is 2160. The van der Waals surface area contributed by atoms with E-state index in [9.17, 15) is 37.6 Å². The van der Waals surface area contributed by atoms with Gasteiger partial charge in [0.25, 0.3) is 16.6 Å². The number of aromatic hydroxyl groups is 1. The molecule has 0 atom stereocenters. The van der Waals surface area contributed by atoms with Crippen LogP contribution in [0.1, 0.15) is 11.1 Å². The van der Waals surface area contributed by atoms with Crippen LogP contribution in [0.5, 0.6) is 5.75 Å². The predicted molar refractivity (Wildman–Crippen MR) is 198 cm³/mol. The lowest BCUT2D eigenvalue weighted by atomic mass is 10.00. The highest BCUT2D eigenvalue weighted by molar-refractivity contribution is 7.86. The summed E-state index contributed by atoms with van der Waals surface area (Å²) in [6.07, 6.45) is 0. The number of azo groups is 1. The van der Waals surface area contributed by atoms with Crippen LogP contribution < -0.4 is 11.1 Å². The zero-order valence-corrected chi connectivity index (χ0v) is 30.0. The van der Waals surface area contributed by atoms with Crippen LogP contribution in [0.2, 0.25) is 0 Å². The number of nitrogen functional groups attached to an aromatic ring is 1. The summed E-state index contributed by atoms with van der Waals surface area (Å²) in [5, 5.41) is 31.7. The van der Waals surface area contributed by atoms with Crippen LogP contribution in [0, 0.1) is 13.8 Å². The molecule has 4 aromatic rings. The Morgan fingerprint density at radius 3 is 2.04 bits per heavy atom. The average molecular weight is 748 g/mol. The lowest BCUT2D eigenvalue weighted by Crippen LogP contribution is -2.41. The molecule has 0 aromatic heterocycles. The van der Waals surface area contributed by atoms with E-state index in [4.69, 9.17) is 10.5 Å². The van der Waals surface area contributed by atoms with Crippen LogP contribution in [0.4, 0.5) is 22.7 Å². The molecule has 1 heterocycles. The molecule has 16 nitrogen and oxygen atoms in total. The van der Waals surface area contributed by atoms with Gasteiger partial charge in [0.1, 0.15) is 17.3 Å².